The Kier molecular flexibility index (Phi) is 6.18. The molecule has 136 valence electrons. The number of nitrogens with zero attached hydrogens (tertiary/aromatic N) is 2. The summed E-state index contributed by atoms with van der Waals surface area (Å²) in [7, 11) is 1.47. The van der Waals surface area contributed by atoms with Crippen LogP contribution in [0, 0.1) is 17.0 Å². The molecule has 0 radical (unpaired) electrons. The molecule has 0 saturated carbocycles. The predicted octanol–water partition coefficient (Wildman–Crippen LogP) is 3.92. The summed E-state index contributed by atoms with van der Waals surface area (Å²) in [6, 6.07) is 8.70. The molecule has 9 heteroatoms. The number of nitro benzene ring substituents is 1. The van der Waals surface area contributed by atoms with E-state index in [0.717, 1.165) is 0 Å². The van der Waals surface area contributed by atoms with Gasteiger partial charge < -0.3 is 10.2 Å². The summed E-state index contributed by atoms with van der Waals surface area (Å²) in [6.45, 7) is 1.35. The van der Waals surface area contributed by atoms with Gasteiger partial charge >= 0.3 is 0 Å². The van der Waals surface area contributed by atoms with Gasteiger partial charge in [0.25, 0.3) is 11.6 Å². The number of nitro groups is 1. The Morgan fingerprint density at radius 3 is 2.42 bits per heavy atom. The van der Waals surface area contributed by atoms with E-state index in [1.807, 2.05) is 0 Å². The second-order valence-corrected chi connectivity index (χ2v) is 6.41. The molecule has 0 fully saturated rings. The molecule has 7 nitrogen and oxygen atoms in total. The third-order valence-corrected chi connectivity index (χ3v) is 4.31. The van der Waals surface area contributed by atoms with Crippen LogP contribution < -0.4 is 5.32 Å². The molecule has 0 aromatic heterocycles. The summed E-state index contributed by atoms with van der Waals surface area (Å²) < 4.78 is 0. The van der Waals surface area contributed by atoms with Crippen LogP contribution in [-0.2, 0) is 4.79 Å². The van der Waals surface area contributed by atoms with Gasteiger partial charge in [-0.1, -0.05) is 23.2 Å². The Hall–Kier alpha value is -2.64. The largest absolute Gasteiger partial charge is 0.332 e. The standard InChI is InChI=1S/C17H15Cl2N3O4/c1-10-7-11(3-6-15(10)22(25)26)17(24)21(2)9-16(23)20-12-4-5-13(18)14(19)8-12/h3-8H,9H2,1-2H3,(H,20,23). The van der Waals surface area contributed by atoms with Crippen LogP contribution in [-0.4, -0.2) is 35.2 Å². The van der Waals surface area contributed by atoms with Crippen molar-refractivity contribution in [2.45, 2.75) is 6.92 Å². The Morgan fingerprint density at radius 1 is 1.15 bits per heavy atom. The van der Waals surface area contributed by atoms with Crippen LogP contribution >= 0.6 is 23.2 Å². The number of carbonyl (C=O) groups is 2. The first kappa shape index (κ1) is 19.7. The van der Waals surface area contributed by atoms with Crippen molar-refractivity contribution in [3.63, 3.8) is 0 Å². The lowest BCUT2D eigenvalue weighted by molar-refractivity contribution is -0.385. The summed E-state index contributed by atoms with van der Waals surface area (Å²) in [5.41, 5.74) is 1.02. The molecule has 2 aromatic rings. The minimum Gasteiger partial charge on any atom is -0.332 e. The number of rotatable bonds is 5. The first-order valence-corrected chi connectivity index (χ1v) is 8.20. The van der Waals surface area contributed by atoms with Gasteiger partial charge in [-0.15, -0.1) is 0 Å². The van der Waals surface area contributed by atoms with Gasteiger partial charge in [0, 0.05) is 29.9 Å². The zero-order chi connectivity index (χ0) is 19.4. The van der Waals surface area contributed by atoms with Crippen molar-refractivity contribution in [1.29, 1.82) is 0 Å². The number of benzene rings is 2. The van der Waals surface area contributed by atoms with Gasteiger partial charge in [-0.2, -0.15) is 0 Å². The zero-order valence-electron chi connectivity index (χ0n) is 14.0. The van der Waals surface area contributed by atoms with E-state index in [9.17, 15) is 19.7 Å². The second kappa shape index (κ2) is 8.16. The van der Waals surface area contributed by atoms with Crippen molar-refractivity contribution in [3.8, 4) is 0 Å². The first-order valence-electron chi connectivity index (χ1n) is 7.44. The number of halogens is 2. The zero-order valence-corrected chi connectivity index (χ0v) is 15.5. The van der Waals surface area contributed by atoms with Crippen molar-refractivity contribution in [3.05, 3.63) is 67.7 Å². The van der Waals surface area contributed by atoms with Crippen LogP contribution in [0.15, 0.2) is 36.4 Å². The molecule has 0 saturated heterocycles. The van der Waals surface area contributed by atoms with Gasteiger partial charge in [0.1, 0.15) is 0 Å². The molecular weight excluding hydrogens is 381 g/mol. The summed E-state index contributed by atoms with van der Waals surface area (Å²) in [5.74, 6) is -0.842. The highest BCUT2D eigenvalue weighted by Gasteiger charge is 2.18. The molecule has 0 spiro atoms. The van der Waals surface area contributed by atoms with E-state index in [2.05, 4.69) is 5.32 Å². The van der Waals surface area contributed by atoms with Crippen LogP contribution in [0.25, 0.3) is 0 Å². The van der Waals surface area contributed by atoms with E-state index < -0.39 is 16.7 Å². The fourth-order valence-electron chi connectivity index (χ4n) is 2.28. The molecular formula is C17H15Cl2N3O4. The van der Waals surface area contributed by atoms with E-state index in [1.165, 1.54) is 36.2 Å². The summed E-state index contributed by atoms with van der Waals surface area (Å²) in [4.78, 5) is 36.0. The van der Waals surface area contributed by atoms with Crippen LogP contribution in [0.2, 0.25) is 10.0 Å². The predicted molar refractivity (Wildman–Crippen MR) is 99.9 cm³/mol. The van der Waals surface area contributed by atoms with Gasteiger partial charge in [-0.05, 0) is 37.3 Å². The minimum atomic E-state index is -0.516. The third kappa shape index (κ3) is 4.71. The van der Waals surface area contributed by atoms with E-state index in [0.29, 0.717) is 21.3 Å². The number of hydrogen-bond donors (Lipinski definition) is 1. The Balaban J connectivity index is 2.04. The molecule has 2 rings (SSSR count). The second-order valence-electron chi connectivity index (χ2n) is 5.60. The maximum absolute atomic E-state index is 12.4. The summed E-state index contributed by atoms with van der Waals surface area (Å²) in [6.07, 6.45) is 0. The highest BCUT2D eigenvalue weighted by Crippen LogP contribution is 2.25. The molecule has 26 heavy (non-hydrogen) atoms. The van der Waals surface area contributed by atoms with Gasteiger partial charge in [-0.3, -0.25) is 19.7 Å². The summed E-state index contributed by atoms with van der Waals surface area (Å²) >= 11 is 11.7. The lowest BCUT2D eigenvalue weighted by Crippen LogP contribution is -2.35. The number of anilines is 1. The normalized spacial score (nSPS) is 10.3. The Labute approximate surface area is 159 Å². The van der Waals surface area contributed by atoms with Crippen molar-refractivity contribution < 1.29 is 14.5 Å². The maximum atomic E-state index is 12.4. The SMILES string of the molecule is Cc1cc(C(=O)N(C)CC(=O)Nc2ccc(Cl)c(Cl)c2)ccc1[N+](=O)[O-]. The topological polar surface area (TPSA) is 92.6 Å². The average Bonchev–Trinajstić information content (AvgIpc) is 2.56. The fraction of sp³-hybridized carbons (Fsp3) is 0.176. The molecule has 1 N–H and O–H groups in total. The van der Waals surface area contributed by atoms with Crippen LogP contribution in [0.3, 0.4) is 0 Å². The molecule has 0 atom stereocenters. The van der Waals surface area contributed by atoms with Crippen LogP contribution in [0.5, 0.6) is 0 Å². The van der Waals surface area contributed by atoms with Gasteiger partial charge in [-0.25, -0.2) is 0 Å². The Bertz CT molecular complexity index is 886. The minimum absolute atomic E-state index is 0.0680. The van der Waals surface area contributed by atoms with Crippen molar-refractivity contribution in [2.75, 3.05) is 18.9 Å². The van der Waals surface area contributed by atoms with Crippen molar-refractivity contribution in [2.24, 2.45) is 0 Å². The van der Waals surface area contributed by atoms with E-state index in [4.69, 9.17) is 23.2 Å². The van der Waals surface area contributed by atoms with Crippen LogP contribution in [0.1, 0.15) is 15.9 Å². The Morgan fingerprint density at radius 2 is 1.85 bits per heavy atom. The number of hydrogen-bond acceptors (Lipinski definition) is 4. The van der Waals surface area contributed by atoms with Crippen molar-refractivity contribution >= 4 is 46.4 Å². The van der Waals surface area contributed by atoms with Gasteiger partial charge in [0.2, 0.25) is 5.91 Å². The third-order valence-electron chi connectivity index (χ3n) is 3.57. The average molecular weight is 396 g/mol. The highest BCUT2D eigenvalue weighted by molar-refractivity contribution is 6.42. The van der Waals surface area contributed by atoms with Crippen molar-refractivity contribution in [1.82, 2.24) is 4.90 Å². The lowest BCUT2D eigenvalue weighted by atomic mass is 10.1. The van der Waals surface area contributed by atoms with E-state index in [1.54, 1.807) is 19.1 Å². The quantitative estimate of drug-likeness (QED) is 0.613. The molecule has 2 aromatic carbocycles. The number of aryl methyl sites for hydroxylation is 1. The maximum Gasteiger partial charge on any atom is 0.272 e. The number of amides is 2. The van der Waals surface area contributed by atoms with Gasteiger partial charge in [0.15, 0.2) is 0 Å². The molecule has 0 bridgehead atoms. The molecule has 0 aliphatic heterocycles. The number of carbonyl (C=O) groups excluding carboxylic acids is 2. The molecule has 0 heterocycles. The molecule has 0 aliphatic rings. The number of nitrogens with one attached hydrogen (secondary N) is 1. The fourth-order valence-corrected chi connectivity index (χ4v) is 2.57. The first-order chi connectivity index (χ1) is 12.2. The van der Waals surface area contributed by atoms with E-state index in [-0.39, 0.29) is 17.8 Å². The summed E-state index contributed by atoms with van der Waals surface area (Å²) in [5, 5.41) is 14.1. The molecule has 0 aliphatic carbocycles. The van der Waals surface area contributed by atoms with Gasteiger partial charge in [0.05, 0.1) is 21.5 Å². The van der Waals surface area contributed by atoms with Crippen LogP contribution in [0.4, 0.5) is 11.4 Å². The highest BCUT2D eigenvalue weighted by atomic mass is 35.5. The lowest BCUT2D eigenvalue weighted by Gasteiger charge is -2.17. The monoisotopic (exact) mass is 395 g/mol. The number of likely N-dealkylation sites (N-methyl/N-ethyl adjacent to an activating group) is 1. The van der Waals surface area contributed by atoms with E-state index >= 15 is 0 Å². The smallest absolute Gasteiger partial charge is 0.272 e. The molecule has 0 unspecified atom stereocenters. The molecule has 2 amide bonds.